The van der Waals surface area contributed by atoms with Crippen LogP contribution in [0.3, 0.4) is 0 Å². The lowest BCUT2D eigenvalue weighted by molar-refractivity contribution is 0.122. The lowest BCUT2D eigenvalue weighted by Gasteiger charge is -2.28. The van der Waals surface area contributed by atoms with Crippen molar-refractivity contribution in [1.82, 2.24) is 9.38 Å². The van der Waals surface area contributed by atoms with E-state index in [0.717, 1.165) is 24.6 Å². The zero-order valence-electron chi connectivity index (χ0n) is 10.4. The summed E-state index contributed by atoms with van der Waals surface area (Å²) in [5.41, 5.74) is 1.22. The van der Waals surface area contributed by atoms with Crippen molar-refractivity contribution in [3.05, 3.63) is 30.1 Å². The predicted octanol–water partition coefficient (Wildman–Crippen LogP) is 0.387. The molecule has 100 valence electrons. The minimum atomic E-state index is -0.134. The molecule has 2 aromatic rings. The first-order chi connectivity index (χ1) is 9.31. The van der Waals surface area contributed by atoms with Crippen molar-refractivity contribution in [3.63, 3.8) is 0 Å². The summed E-state index contributed by atoms with van der Waals surface area (Å²) in [7, 11) is 0. The van der Waals surface area contributed by atoms with Crippen LogP contribution in [0.4, 0.5) is 5.82 Å². The van der Waals surface area contributed by atoms with Gasteiger partial charge in [-0.05, 0) is 12.1 Å². The first-order valence-corrected chi connectivity index (χ1v) is 6.06. The Morgan fingerprint density at radius 3 is 2.89 bits per heavy atom. The van der Waals surface area contributed by atoms with Gasteiger partial charge in [-0.3, -0.25) is 9.81 Å². The molecule has 3 N–H and O–H groups in total. The van der Waals surface area contributed by atoms with Gasteiger partial charge in [0.25, 0.3) is 5.90 Å². The molecule has 0 atom stereocenters. The summed E-state index contributed by atoms with van der Waals surface area (Å²) in [5.74, 6) is 5.80. The number of morpholine rings is 1. The molecule has 0 aromatic carbocycles. The molecule has 19 heavy (non-hydrogen) atoms. The molecule has 7 heteroatoms. The second-order valence-corrected chi connectivity index (χ2v) is 4.26. The summed E-state index contributed by atoms with van der Waals surface area (Å²) in [4.78, 5) is 11.1. The summed E-state index contributed by atoms with van der Waals surface area (Å²) < 4.78 is 7.29. The average Bonchev–Trinajstić information content (AvgIpc) is 2.86. The van der Waals surface area contributed by atoms with E-state index in [-0.39, 0.29) is 5.90 Å². The number of rotatable bonds is 2. The number of hydrogen-bond acceptors (Lipinski definition) is 6. The van der Waals surface area contributed by atoms with Gasteiger partial charge in [0, 0.05) is 19.3 Å². The standard InChI is InChI=1S/C12H15N5O2/c13-11(19-14)10-12(16-5-7-18-8-6-16)17-4-2-1-3-9(17)15-10/h1-4,13H,5-8,14H2. The molecule has 0 unspecified atom stereocenters. The Morgan fingerprint density at radius 2 is 2.16 bits per heavy atom. The van der Waals surface area contributed by atoms with E-state index in [1.165, 1.54) is 0 Å². The van der Waals surface area contributed by atoms with Gasteiger partial charge in [0.2, 0.25) is 0 Å². The molecule has 1 fully saturated rings. The number of anilines is 1. The first-order valence-electron chi connectivity index (χ1n) is 6.06. The number of nitrogens with one attached hydrogen (secondary N) is 1. The van der Waals surface area contributed by atoms with Crippen LogP contribution in [0.25, 0.3) is 5.65 Å². The number of imidazole rings is 1. The number of aromatic nitrogens is 2. The maximum atomic E-state index is 7.79. The number of fused-ring (bicyclic) bond motifs is 1. The summed E-state index contributed by atoms with van der Waals surface area (Å²) in [5, 5.41) is 7.79. The second-order valence-electron chi connectivity index (χ2n) is 4.26. The maximum absolute atomic E-state index is 7.79. The van der Waals surface area contributed by atoms with E-state index >= 15 is 0 Å². The van der Waals surface area contributed by atoms with Crippen molar-refractivity contribution in [1.29, 1.82) is 5.41 Å². The molecule has 3 heterocycles. The molecule has 0 aliphatic carbocycles. The summed E-state index contributed by atoms with van der Waals surface area (Å²) >= 11 is 0. The zero-order chi connectivity index (χ0) is 13.2. The molecule has 0 spiro atoms. The third-order valence-corrected chi connectivity index (χ3v) is 3.15. The van der Waals surface area contributed by atoms with Crippen molar-refractivity contribution in [2.24, 2.45) is 5.90 Å². The van der Waals surface area contributed by atoms with Crippen molar-refractivity contribution >= 4 is 17.4 Å². The van der Waals surface area contributed by atoms with Crippen LogP contribution in [0.5, 0.6) is 0 Å². The second kappa shape index (κ2) is 4.87. The Morgan fingerprint density at radius 1 is 1.37 bits per heavy atom. The van der Waals surface area contributed by atoms with E-state index in [9.17, 15) is 0 Å². The maximum Gasteiger partial charge on any atom is 0.259 e. The number of pyridine rings is 1. The summed E-state index contributed by atoms with van der Waals surface area (Å²) in [6, 6.07) is 5.72. The Balaban J connectivity index is 2.15. The minimum absolute atomic E-state index is 0.134. The number of nitrogens with two attached hydrogens (primary N) is 1. The largest absolute Gasteiger partial charge is 0.389 e. The average molecular weight is 261 g/mol. The Labute approximate surface area is 110 Å². The van der Waals surface area contributed by atoms with Crippen LogP contribution in [0.2, 0.25) is 0 Å². The van der Waals surface area contributed by atoms with Crippen LogP contribution < -0.4 is 10.8 Å². The molecule has 1 aliphatic rings. The smallest absolute Gasteiger partial charge is 0.259 e. The third kappa shape index (κ3) is 2.02. The highest BCUT2D eigenvalue weighted by atomic mass is 16.6. The van der Waals surface area contributed by atoms with E-state index in [1.807, 2.05) is 28.8 Å². The highest BCUT2D eigenvalue weighted by Crippen LogP contribution is 2.23. The Bertz CT molecular complexity index is 603. The fraction of sp³-hybridized carbons (Fsp3) is 0.333. The van der Waals surface area contributed by atoms with E-state index in [2.05, 4.69) is 14.7 Å². The topological polar surface area (TPSA) is 88.9 Å². The minimum Gasteiger partial charge on any atom is -0.389 e. The van der Waals surface area contributed by atoms with Gasteiger partial charge >= 0.3 is 0 Å². The van der Waals surface area contributed by atoms with Gasteiger partial charge in [-0.25, -0.2) is 4.98 Å². The van der Waals surface area contributed by atoms with Crippen LogP contribution in [0.15, 0.2) is 24.4 Å². The lowest BCUT2D eigenvalue weighted by atomic mass is 10.3. The van der Waals surface area contributed by atoms with Crippen molar-refractivity contribution in [2.45, 2.75) is 0 Å². The van der Waals surface area contributed by atoms with Crippen molar-refractivity contribution < 1.29 is 9.57 Å². The van der Waals surface area contributed by atoms with E-state index in [4.69, 9.17) is 16.0 Å². The number of nitrogens with zero attached hydrogens (tertiary/aromatic N) is 3. The van der Waals surface area contributed by atoms with E-state index < -0.39 is 0 Å². The van der Waals surface area contributed by atoms with Crippen molar-refractivity contribution in [2.75, 3.05) is 31.2 Å². The molecule has 7 nitrogen and oxygen atoms in total. The van der Waals surface area contributed by atoms with Crippen molar-refractivity contribution in [3.8, 4) is 0 Å². The van der Waals surface area contributed by atoms with Crippen LogP contribution in [-0.4, -0.2) is 41.6 Å². The first kappa shape index (κ1) is 11.9. The zero-order valence-corrected chi connectivity index (χ0v) is 10.4. The Hall–Kier alpha value is -2.12. The fourth-order valence-electron chi connectivity index (χ4n) is 2.27. The van der Waals surface area contributed by atoms with Gasteiger partial charge < -0.3 is 14.5 Å². The number of hydrogen-bond donors (Lipinski definition) is 2. The summed E-state index contributed by atoms with van der Waals surface area (Å²) in [6.07, 6.45) is 1.92. The summed E-state index contributed by atoms with van der Waals surface area (Å²) in [6.45, 7) is 2.84. The quantitative estimate of drug-likeness (QED) is 0.463. The number of ether oxygens (including phenoxy) is 1. The molecule has 1 aliphatic heterocycles. The van der Waals surface area contributed by atoms with Gasteiger partial charge in [-0.15, -0.1) is 0 Å². The molecular weight excluding hydrogens is 246 g/mol. The highest BCUT2D eigenvalue weighted by molar-refractivity contribution is 5.96. The van der Waals surface area contributed by atoms with Crippen LogP contribution >= 0.6 is 0 Å². The normalized spacial score (nSPS) is 15.7. The van der Waals surface area contributed by atoms with Gasteiger partial charge in [0.1, 0.15) is 11.5 Å². The molecule has 2 aromatic heterocycles. The lowest BCUT2D eigenvalue weighted by Crippen LogP contribution is -2.38. The molecule has 3 rings (SSSR count). The highest BCUT2D eigenvalue weighted by Gasteiger charge is 2.23. The van der Waals surface area contributed by atoms with Gasteiger partial charge in [-0.1, -0.05) is 6.07 Å². The van der Waals surface area contributed by atoms with Crippen LogP contribution in [0, 0.1) is 5.41 Å². The third-order valence-electron chi connectivity index (χ3n) is 3.15. The molecule has 0 saturated carbocycles. The molecule has 0 radical (unpaired) electrons. The molecular formula is C12H15N5O2. The predicted molar refractivity (Wildman–Crippen MR) is 70.3 cm³/mol. The monoisotopic (exact) mass is 261 g/mol. The molecule has 0 amide bonds. The van der Waals surface area contributed by atoms with Crippen LogP contribution in [0.1, 0.15) is 5.69 Å². The van der Waals surface area contributed by atoms with E-state index in [0.29, 0.717) is 18.9 Å². The SMILES string of the molecule is N=C(ON)c1nc2ccccn2c1N1CCOCC1. The van der Waals surface area contributed by atoms with E-state index in [1.54, 1.807) is 0 Å². The van der Waals surface area contributed by atoms with Gasteiger partial charge in [-0.2, -0.15) is 5.90 Å². The molecule has 1 saturated heterocycles. The van der Waals surface area contributed by atoms with Gasteiger partial charge in [0.05, 0.1) is 13.2 Å². The molecule has 0 bridgehead atoms. The Kier molecular flexibility index (Phi) is 3.06. The fourth-order valence-corrected chi connectivity index (χ4v) is 2.27. The van der Waals surface area contributed by atoms with Crippen LogP contribution in [-0.2, 0) is 9.57 Å². The van der Waals surface area contributed by atoms with Gasteiger partial charge in [0.15, 0.2) is 5.69 Å².